The molecule has 0 aliphatic carbocycles. The van der Waals surface area contributed by atoms with E-state index in [4.69, 9.17) is 9.84 Å². The molecule has 6 heteroatoms. The van der Waals surface area contributed by atoms with Gasteiger partial charge in [0.15, 0.2) is 0 Å². The Kier molecular flexibility index (Phi) is 12.9. The van der Waals surface area contributed by atoms with Gasteiger partial charge < -0.3 is 20.5 Å². The van der Waals surface area contributed by atoms with E-state index < -0.39 is 5.97 Å². The van der Waals surface area contributed by atoms with Crippen LogP contribution in [0.2, 0.25) is 0 Å². The topological polar surface area (TPSA) is 87.7 Å². The van der Waals surface area contributed by atoms with Crippen molar-refractivity contribution >= 4 is 11.9 Å². The van der Waals surface area contributed by atoms with E-state index >= 15 is 0 Å². The Morgan fingerprint density at radius 1 is 1.00 bits per heavy atom. The summed E-state index contributed by atoms with van der Waals surface area (Å²) < 4.78 is 4.90. The van der Waals surface area contributed by atoms with E-state index in [1.807, 2.05) is 0 Å². The summed E-state index contributed by atoms with van der Waals surface area (Å²) in [6.45, 7) is 21.1. The molecule has 0 heterocycles. The molecule has 0 aromatic carbocycles. The zero-order chi connectivity index (χ0) is 21.0. The van der Waals surface area contributed by atoms with Crippen molar-refractivity contribution in [3.05, 3.63) is 23.8 Å². The standard InChI is InChI=1S/2C10H19NO2/c1-8(2)9(12)13-7-6-11-10(3,4)5;1-8(9(12)13)6-5-7-11-10(2,3)4/h11H,1,6-7H2,2-5H3;6,11H,5,7H2,1-4H3,(H,12,13). The van der Waals surface area contributed by atoms with E-state index in [2.05, 4.69) is 58.8 Å². The maximum absolute atomic E-state index is 10.9. The van der Waals surface area contributed by atoms with Gasteiger partial charge in [-0.2, -0.15) is 0 Å². The van der Waals surface area contributed by atoms with E-state index in [0.717, 1.165) is 13.0 Å². The van der Waals surface area contributed by atoms with E-state index in [-0.39, 0.29) is 17.0 Å². The van der Waals surface area contributed by atoms with E-state index in [9.17, 15) is 9.59 Å². The Morgan fingerprint density at radius 3 is 1.85 bits per heavy atom. The molecule has 0 radical (unpaired) electrons. The highest BCUT2D eigenvalue weighted by atomic mass is 16.5. The molecule has 3 N–H and O–H groups in total. The molecule has 0 unspecified atom stereocenters. The molecule has 0 atom stereocenters. The second-order valence-electron chi connectivity index (χ2n) is 8.25. The van der Waals surface area contributed by atoms with Crippen LogP contribution < -0.4 is 10.6 Å². The second-order valence-corrected chi connectivity index (χ2v) is 8.25. The Hall–Kier alpha value is -1.66. The van der Waals surface area contributed by atoms with E-state index in [1.165, 1.54) is 0 Å². The Balaban J connectivity index is 0. The van der Waals surface area contributed by atoms with Gasteiger partial charge in [0.2, 0.25) is 0 Å². The first-order chi connectivity index (χ1) is 11.7. The van der Waals surface area contributed by atoms with Crippen LogP contribution >= 0.6 is 0 Å². The van der Waals surface area contributed by atoms with Gasteiger partial charge in [-0.3, -0.25) is 0 Å². The maximum atomic E-state index is 10.9. The van der Waals surface area contributed by atoms with Crippen LogP contribution in [0.1, 0.15) is 61.8 Å². The molecule has 26 heavy (non-hydrogen) atoms. The van der Waals surface area contributed by atoms with Crippen molar-refractivity contribution in [1.29, 1.82) is 0 Å². The molecule has 0 spiro atoms. The van der Waals surface area contributed by atoms with Gasteiger partial charge in [0.05, 0.1) is 0 Å². The number of hydrogen-bond acceptors (Lipinski definition) is 5. The molecule has 0 aliphatic heterocycles. The van der Waals surface area contributed by atoms with Crippen LogP contribution in [-0.2, 0) is 14.3 Å². The summed E-state index contributed by atoms with van der Waals surface area (Å²) in [6, 6.07) is 0. The lowest BCUT2D eigenvalue weighted by Gasteiger charge is -2.20. The third-order valence-corrected chi connectivity index (χ3v) is 2.93. The number of carboxylic acid groups (broad SMARTS) is 1. The molecule has 0 saturated heterocycles. The van der Waals surface area contributed by atoms with Gasteiger partial charge in [-0.15, -0.1) is 0 Å². The van der Waals surface area contributed by atoms with Crippen molar-refractivity contribution < 1.29 is 19.4 Å². The minimum absolute atomic E-state index is 0.0651. The van der Waals surface area contributed by atoms with Gasteiger partial charge >= 0.3 is 11.9 Å². The largest absolute Gasteiger partial charge is 0.478 e. The first-order valence-electron chi connectivity index (χ1n) is 8.88. The number of aliphatic carboxylic acids is 1. The average Bonchev–Trinajstić information content (AvgIpc) is 2.46. The molecule has 0 rings (SSSR count). The summed E-state index contributed by atoms with van der Waals surface area (Å²) in [5.74, 6) is -1.16. The molecule has 0 amide bonds. The number of hydrogen-bond donors (Lipinski definition) is 3. The predicted octanol–water partition coefficient (Wildman–Crippen LogP) is 3.29. The second kappa shape index (κ2) is 12.7. The predicted molar refractivity (Wildman–Crippen MR) is 107 cm³/mol. The van der Waals surface area contributed by atoms with Crippen LogP contribution in [0.3, 0.4) is 0 Å². The summed E-state index contributed by atoms with van der Waals surface area (Å²) in [7, 11) is 0. The summed E-state index contributed by atoms with van der Waals surface area (Å²) >= 11 is 0. The molecule has 6 nitrogen and oxygen atoms in total. The lowest BCUT2D eigenvalue weighted by Crippen LogP contribution is -2.38. The normalized spacial score (nSPS) is 12.1. The first kappa shape index (κ1) is 26.6. The summed E-state index contributed by atoms with van der Waals surface area (Å²) in [5, 5.41) is 15.0. The zero-order valence-corrected chi connectivity index (χ0v) is 17.8. The summed E-state index contributed by atoms with van der Waals surface area (Å²) in [4.78, 5) is 21.3. The fourth-order valence-corrected chi connectivity index (χ4v) is 1.52. The number of rotatable bonds is 8. The van der Waals surface area contributed by atoms with Crippen LogP contribution in [0, 0.1) is 0 Å². The van der Waals surface area contributed by atoms with E-state index in [0.29, 0.717) is 24.3 Å². The summed E-state index contributed by atoms with van der Waals surface area (Å²) in [6.07, 6.45) is 2.50. The van der Waals surface area contributed by atoms with Gasteiger partial charge in [-0.25, -0.2) is 9.59 Å². The first-order valence-corrected chi connectivity index (χ1v) is 8.88. The smallest absolute Gasteiger partial charge is 0.333 e. The molecule has 0 bridgehead atoms. The van der Waals surface area contributed by atoms with Gasteiger partial charge in [0.25, 0.3) is 0 Å². The van der Waals surface area contributed by atoms with Crippen molar-refractivity contribution in [3.8, 4) is 0 Å². The van der Waals surface area contributed by atoms with Crippen LogP contribution in [0.5, 0.6) is 0 Å². The third kappa shape index (κ3) is 20.4. The van der Waals surface area contributed by atoms with Crippen LogP contribution in [0.25, 0.3) is 0 Å². The minimum atomic E-state index is -0.837. The Labute approximate surface area is 159 Å². The van der Waals surface area contributed by atoms with Crippen LogP contribution in [0.4, 0.5) is 0 Å². The average molecular weight is 371 g/mol. The number of esters is 1. The number of nitrogens with one attached hydrogen (secondary N) is 2. The highest BCUT2D eigenvalue weighted by Crippen LogP contribution is 2.00. The molecular weight excluding hydrogens is 332 g/mol. The molecule has 0 aliphatic rings. The van der Waals surface area contributed by atoms with Crippen molar-refractivity contribution in [2.24, 2.45) is 0 Å². The molecule has 0 fully saturated rings. The number of carboxylic acids is 1. The van der Waals surface area contributed by atoms with Gasteiger partial charge in [0.1, 0.15) is 6.61 Å². The Bertz CT molecular complexity index is 483. The minimum Gasteiger partial charge on any atom is -0.478 e. The van der Waals surface area contributed by atoms with Crippen molar-refractivity contribution in [2.45, 2.75) is 72.9 Å². The third-order valence-electron chi connectivity index (χ3n) is 2.93. The quantitative estimate of drug-likeness (QED) is 0.345. The highest BCUT2D eigenvalue weighted by molar-refractivity contribution is 5.87. The zero-order valence-electron chi connectivity index (χ0n) is 17.8. The number of carbonyl (C=O) groups excluding carboxylic acids is 1. The molecule has 0 aromatic heterocycles. The van der Waals surface area contributed by atoms with Crippen molar-refractivity contribution in [1.82, 2.24) is 10.6 Å². The number of carbonyl (C=O) groups is 2. The fourth-order valence-electron chi connectivity index (χ4n) is 1.52. The molecule has 0 saturated carbocycles. The molecular formula is C20H38N2O4. The summed E-state index contributed by atoms with van der Waals surface area (Å²) in [5.41, 5.74) is 1.02. The fraction of sp³-hybridized carbons (Fsp3) is 0.700. The molecule has 0 aromatic rings. The maximum Gasteiger partial charge on any atom is 0.333 e. The van der Waals surface area contributed by atoms with Gasteiger partial charge in [-0.05, 0) is 68.4 Å². The lowest BCUT2D eigenvalue weighted by atomic mass is 10.1. The van der Waals surface area contributed by atoms with Crippen LogP contribution in [-0.4, -0.2) is 47.8 Å². The van der Waals surface area contributed by atoms with E-state index in [1.54, 1.807) is 19.9 Å². The van der Waals surface area contributed by atoms with Gasteiger partial charge in [-0.1, -0.05) is 12.7 Å². The SMILES string of the molecule is C=C(C)C(=O)OCCNC(C)(C)C.CC(=CCCNC(C)(C)C)C(=O)O. The van der Waals surface area contributed by atoms with Crippen molar-refractivity contribution in [3.63, 3.8) is 0 Å². The number of ether oxygens (including phenoxy) is 1. The monoisotopic (exact) mass is 370 g/mol. The molecule has 152 valence electrons. The van der Waals surface area contributed by atoms with Crippen LogP contribution in [0.15, 0.2) is 23.8 Å². The van der Waals surface area contributed by atoms with Gasteiger partial charge in [0, 0.05) is 28.8 Å². The van der Waals surface area contributed by atoms with Crippen molar-refractivity contribution in [2.75, 3.05) is 19.7 Å². The lowest BCUT2D eigenvalue weighted by molar-refractivity contribution is -0.139. The highest BCUT2D eigenvalue weighted by Gasteiger charge is 2.09. The Morgan fingerprint density at radius 2 is 1.46 bits per heavy atom.